The third-order valence-electron chi connectivity index (χ3n) is 3.92. The fourth-order valence-electron chi connectivity index (χ4n) is 2.33. The molecule has 184 valence electrons. The van der Waals surface area contributed by atoms with Crippen LogP contribution in [0.3, 0.4) is 0 Å². The lowest BCUT2D eigenvalue weighted by molar-refractivity contribution is -0.147. The van der Waals surface area contributed by atoms with Crippen molar-refractivity contribution in [3.8, 4) is 0 Å². The number of ether oxygens (including phenoxy) is 1. The van der Waals surface area contributed by atoms with Gasteiger partial charge in [-0.05, 0) is 24.3 Å². The first kappa shape index (κ1) is 27.8. The Hall–Kier alpha value is -3.20. The molecule has 1 aromatic carbocycles. The van der Waals surface area contributed by atoms with Crippen LogP contribution in [0.4, 0.5) is 18.0 Å². The molecule has 0 atom stereocenters. The van der Waals surface area contributed by atoms with E-state index in [2.05, 4.69) is 10.1 Å². The number of carbonyl (C=O) groups is 4. The van der Waals surface area contributed by atoms with Crippen LogP contribution in [0, 0.1) is 0 Å². The molecule has 0 saturated heterocycles. The summed E-state index contributed by atoms with van der Waals surface area (Å²) < 4.78 is 66.4. The van der Waals surface area contributed by atoms with E-state index < -0.39 is 59.7 Å². The third kappa shape index (κ3) is 9.44. The Morgan fingerprint density at radius 2 is 1.58 bits per heavy atom. The molecule has 1 rings (SSSR count). The second-order valence-electron chi connectivity index (χ2n) is 6.30. The monoisotopic (exact) mass is 496 g/mol. The summed E-state index contributed by atoms with van der Waals surface area (Å²) in [7, 11) is -3.70. The van der Waals surface area contributed by atoms with Crippen molar-refractivity contribution in [2.45, 2.75) is 24.9 Å². The highest BCUT2D eigenvalue weighted by molar-refractivity contribution is 7.89. The van der Waals surface area contributed by atoms with Gasteiger partial charge in [0.25, 0.3) is 11.8 Å². The summed E-state index contributed by atoms with van der Waals surface area (Å²) in [5, 5.41) is 5.11. The second-order valence-corrected chi connectivity index (χ2v) is 8.24. The summed E-state index contributed by atoms with van der Waals surface area (Å²) in [4.78, 5) is 46.2. The highest BCUT2D eigenvalue weighted by Crippen LogP contribution is 2.16. The van der Waals surface area contributed by atoms with Gasteiger partial charge in [-0.25, -0.2) is 13.2 Å². The van der Waals surface area contributed by atoms with E-state index in [4.69, 9.17) is 0 Å². The number of imide groups is 1. The maximum absolute atomic E-state index is 12.4. The van der Waals surface area contributed by atoms with Crippen molar-refractivity contribution in [1.82, 2.24) is 20.3 Å². The van der Waals surface area contributed by atoms with Gasteiger partial charge < -0.3 is 15.4 Å². The average molecular weight is 496 g/mol. The zero-order valence-corrected chi connectivity index (χ0v) is 18.5. The van der Waals surface area contributed by atoms with Crippen LogP contribution < -0.4 is 16.0 Å². The van der Waals surface area contributed by atoms with E-state index in [1.807, 2.05) is 0 Å². The Morgan fingerprint density at radius 1 is 1.00 bits per heavy atom. The minimum atomic E-state index is -4.66. The van der Waals surface area contributed by atoms with Gasteiger partial charge in [-0.3, -0.25) is 19.7 Å². The molecular weight excluding hydrogens is 473 g/mol. The minimum Gasteiger partial charge on any atom is -0.454 e. The van der Waals surface area contributed by atoms with Crippen molar-refractivity contribution < 1.29 is 45.5 Å². The molecule has 0 fully saturated rings. The lowest BCUT2D eigenvalue weighted by Crippen LogP contribution is -2.44. The van der Waals surface area contributed by atoms with Gasteiger partial charge in [-0.1, -0.05) is 13.8 Å². The van der Waals surface area contributed by atoms with Crippen molar-refractivity contribution in [3.05, 3.63) is 29.8 Å². The van der Waals surface area contributed by atoms with E-state index in [1.165, 1.54) is 39.2 Å². The van der Waals surface area contributed by atoms with Crippen molar-refractivity contribution in [2.75, 3.05) is 32.8 Å². The Kier molecular flexibility index (Phi) is 10.2. The molecule has 0 aliphatic heterocycles. The zero-order chi connectivity index (χ0) is 25.2. The molecule has 0 radical (unpaired) electrons. The summed E-state index contributed by atoms with van der Waals surface area (Å²) >= 11 is 0. The number of hydrogen-bond donors (Lipinski definition) is 3. The number of esters is 1. The fourth-order valence-corrected chi connectivity index (χ4v) is 3.79. The lowest BCUT2D eigenvalue weighted by Gasteiger charge is -2.18. The number of amides is 4. The normalized spacial score (nSPS) is 11.6. The van der Waals surface area contributed by atoms with Gasteiger partial charge >= 0.3 is 18.2 Å². The van der Waals surface area contributed by atoms with Crippen molar-refractivity contribution >= 4 is 33.8 Å². The smallest absolute Gasteiger partial charge is 0.405 e. The standard InChI is InChI=1S/C18H23F3N4O7S/c1-3-25(4-2)33(30,31)13-7-5-12(6-8-13)16(28)22-9-15(27)32-10-14(26)24-17(29)23-11-18(19,20)21/h5-8H,3-4,9-11H2,1-2H3,(H,22,28)(H2,23,24,26,29). The summed E-state index contributed by atoms with van der Waals surface area (Å²) in [6.07, 6.45) is -4.66. The molecule has 3 N–H and O–H groups in total. The van der Waals surface area contributed by atoms with Crippen LogP contribution in [-0.2, 0) is 24.3 Å². The SMILES string of the molecule is CCN(CC)S(=O)(=O)c1ccc(C(=O)NCC(=O)OCC(=O)NC(=O)NCC(F)(F)F)cc1. The molecule has 0 spiro atoms. The van der Waals surface area contributed by atoms with Gasteiger partial charge in [0.1, 0.15) is 13.1 Å². The first-order valence-electron chi connectivity index (χ1n) is 9.48. The van der Waals surface area contributed by atoms with Crippen LogP contribution in [-0.4, -0.2) is 75.5 Å². The summed E-state index contributed by atoms with van der Waals surface area (Å²) in [5.41, 5.74) is 0.0559. The van der Waals surface area contributed by atoms with Gasteiger partial charge in [-0.15, -0.1) is 0 Å². The van der Waals surface area contributed by atoms with Crippen LogP contribution in [0.15, 0.2) is 29.2 Å². The Labute approximate surface area is 187 Å². The van der Waals surface area contributed by atoms with E-state index in [0.29, 0.717) is 0 Å². The first-order valence-corrected chi connectivity index (χ1v) is 10.9. The quantitative estimate of drug-likeness (QED) is 0.396. The molecule has 0 saturated carbocycles. The Bertz CT molecular complexity index is 962. The molecule has 1 aromatic rings. The first-order chi connectivity index (χ1) is 15.3. The molecule has 0 bridgehead atoms. The van der Waals surface area contributed by atoms with E-state index in [1.54, 1.807) is 13.8 Å². The van der Waals surface area contributed by atoms with Gasteiger partial charge in [0.2, 0.25) is 10.0 Å². The van der Waals surface area contributed by atoms with E-state index >= 15 is 0 Å². The van der Waals surface area contributed by atoms with Crippen molar-refractivity contribution in [3.63, 3.8) is 0 Å². The predicted octanol–water partition coefficient (Wildman–Crippen LogP) is 0.378. The number of nitrogens with zero attached hydrogens (tertiary/aromatic N) is 1. The van der Waals surface area contributed by atoms with Crippen LogP contribution in [0.1, 0.15) is 24.2 Å². The Balaban J connectivity index is 2.48. The molecule has 0 aliphatic carbocycles. The van der Waals surface area contributed by atoms with E-state index in [-0.39, 0.29) is 23.5 Å². The molecule has 0 aromatic heterocycles. The van der Waals surface area contributed by atoms with Crippen LogP contribution in [0.25, 0.3) is 0 Å². The van der Waals surface area contributed by atoms with E-state index in [0.717, 1.165) is 0 Å². The molecule has 0 unspecified atom stereocenters. The summed E-state index contributed by atoms with van der Waals surface area (Å²) in [6.45, 7) is 0.652. The topological polar surface area (TPSA) is 151 Å². The molecule has 4 amide bonds. The number of nitrogens with one attached hydrogen (secondary N) is 3. The molecular formula is C18H23F3N4O7S. The second kappa shape index (κ2) is 12.2. The number of alkyl halides is 3. The largest absolute Gasteiger partial charge is 0.454 e. The molecule has 0 heterocycles. The number of hydrogen-bond acceptors (Lipinski definition) is 7. The molecule has 15 heteroatoms. The minimum absolute atomic E-state index is 0.00700. The van der Waals surface area contributed by atoms with Gasteiger partial charge in [-0.2, -0.15) is 17.5 Å². The van der Waals surface area contributed by atoms with Crippen LogP contribution >= 0.6 is 0 Å². The van der Waals surface area contributed by atoms with Crippen LogP contribution in [0.2, 0.25) is 0 Å². The maximum Gasteiger partial charge on any atom is 0.405 e. The number of urea groups is 1. The fraction of sp³-hybridized carbons (Fsp3) is 0.444. The Morgan fingerprint density at radius 3 is 2.09 bits per heavy atom. The average Bonchev–Trinajstić information content (AvgIpc) is 2.75. The van der Waals surface area contributed by atoms with Gasteiger partial charge in [0.05, 0.1) is 4.90 Å². The van der Waals surface area contributed by atoms with Gasteiger partial charge in [0.15, 0.2) is 6.61 Å². The highest BCUT2D eigenvalue weighted by atomic mass is 32.2. The molecule has 0 aliphatic rings. The zero-order valence-electron chi connectivity index (χ0n) is 17.7. The number of halogens is 3. The number of sulfonamides is 1. The number of rotatable bonds is 10. The van der Waals surface area contributed by atoms with Crippen LogP contribution in [0.5, 0.6) is 0 Å². The molecule has 33 heavy (non-hydrogen) atoms. The number of benzene rings is 1. The molecule has 11 nitrogen and oxygen atoms in total. The summed E-state index contributed by atoms with van der Waals surface area (Å²) in [5.74, 6) is -2.97. The van der Waals surface area contributed by atoms with Gasteiger partial charge in [0, 0.05) is 18.7 Å². The maximum atomic E-state index is 12.4. The third-order valence-corrected chi connectivity index (χ3v) is 5.98. The van der Waals surface area contributed by atoms with E-state index in [9.17, 15) is 40.8 Å². The lowest BCUT2D eigenvalue weighted by atomic mass is 10.2. The van der Waals surface area contributed by atoms with Crippen molar-refractivity contribution in [1.29, 1.82) is 0 Å². The number of carbonyl (C=O) groups excluding carboxylic acids is 4. The predicted molar refractivity (Wildman–Crippen MR) is 107 cm³/mol. The van der Waals surface area contributed by atoms with Crippen molar-refractivity contribution in [2.24, 2.45) is 0 Å². The summed E-state index contributed by atoms with van der Waals surface area (Å²) in [6, 6.07) is 3.58. The highest BCUT2D eigenvalue weighted by Gasteiger charge is 2.28.